The van der Waals surface area contributed by atoms with Crippen LogP contribution in [0.4, 0.5) is 10.2 Å². The molecule has 0 saturated heterocycles. The maximum atomic E-state index is 14.0. The molecular weight excluding hydrogens is 251 g/mol. The van der Waals surface area contributed by atoms with E-state index in [0.29, 0.717) is 22.8 Å². The highest BCUT2D eigenvalue weighted by Gasteiger charge is 2.26. The molecule has 4 heteroatoms. The van der Waals surface area contributed by atoms with E-state index in [9.17, 15) is 4.39 Å². The summed E-state index contributed by atoms with van der Waals surface area (Å²) in [6.45, 7) is 5.14. The van der Waals surface area contributed by atoms with Gasteiger partial charge in [0.05, 0.1) is 5.02 Å². The van der Waals surface area contributed by atoms with Crippen LogP contribution in [0.15, 0.2) is 12.3 Å². The van der Waals surface area contributed by atoms with Crippen LogP contribution in [-0.2, 0) is 0 Å². The molecule has 0 radical (unpaired) electrons. The van der Waals surface area contributed by atoms with Gasteiger partial charge in [0.2, 0.25) is 0 Å². The fourth-order valence-corrected chi connectivity index (χ4v) is 2.78. The Hall–Kier alpha value is -0.830. The number of pyridine rings is 1. The highest BCUT2D eigenvalue weighted by molar-refractivity contribution is 6.30. The second-order valence-electron chi connectivity index (χ2n) is 5.44. The highest BCUT2D eigenvalue weighted by Crippen LogP contribution is 2.30. The van der Waals surface area contributed by atoms with E-state index in [1.807, 2.05) is 0 Å². The van der Waals surface area contributed by atoms with Crippen molar-refractivity contribution in [1.82, 2.24) is 4.98 Å². The monoisotopic (exact) mass is 270 g/mol. The first kappa shape index (κ1) is 13.6. The molecule has 1 aliphatic carbocycles. The Bertz CT molecular complexity index is 403. The van der Waals surface area contributed by atoms with Crippen LogP contribution in [0.5, 0.6) is 0 Å². The average Bonchev–Trinajstić information content (AvgIpc) is 2.79. The second-order valence-corrected chi connectivity index (χ2v) is 5.88. The van der Waals surface area contributed by atoms with E-state index in [1.54, 1.807) is 0 Å². The first-order valence-electron chi connectivity index (χ1n) is 6.65. The number of halogens is 2. The van der Waals surface area contributed by atoms with Crippen LogP contribution in [0.25, 0.3) is 0 Å². The summed E-state index contributed by atoms with van der Waals surface area (Å²) in [5, 5.41) is 0.354. The molecule has 0 unspecified atom stereocenters. The van der Waals surface area contributed by atoms with Gasteiger partial charge in [-0.1, -0.05) is 38.3 Å². The second kappa shape index (κ2) is 5.87. The summed E-state index contributed by atoms with van der Waals surface area (Å²) < 4.78 is 14.0. The first-order valence-corrected chi connectivity index (χ1v) is 7.03. The lowest BCUT2D eigenvalue weighted by atomic mass is 10.1. The summed E-state index contributed by atoms with van der Waals surface area (Å²) in [6.07, 6.45) is 6.26. The Balaban J connectivity index is 2.26. The van der Waals surface area contributed by atoms with Crippen molar-refractivity contribution in [1.29, 1.82) is 0 Å². The Morgan fingerprint density at radius 3 is 2.67 bits per heavy atom. The first-order chi connectivity index (χ1) is 8.58. The van der Waals surface area contributed by atoms with Crippen LogP contribution < -0.4 is 4.90 Å². The molecule has 1 heterocycles. The van der Waals surface area contributed by atoms with Crippen LogP contribution in [0.1, 0.15) is 39.5 Å². The number of hydrogen-bond donors (Lipinski definition) is 0. The van der Waals surface area contributed by atoms with Gasteiger partial charge in [0, 0.05) is 18.8 Å². The van der Waals surface area contributed by atoms with Gasteiger partial charge in [-0.05, 0) is 24.8 Å². The van der Waals surface area contributed by atoms with Gasteiger partial charge in [-0.3, -0.25) is 0 Å². The molecule has 1 aromatic heterocycles. The average molecular weight is 271 g/mol. The van der Waals surface area contributed by atoms with E-state index in [0.717, 1.165) is 19.4 Å². The molecule has 0 amide bonds. The molecule has 0 aromatic carbocycles. The van der Waals surface area contributed by atoms with E-state index in [1.165, 1.54) is 25.1 Å². The van der Waals surface area contributed by atoms with E-state index in [-0.39, 0.29) is 5.82 Å². The summed E-state index contributed by atoms with van der Waals surface area (Å²) in [4.78, 5) is 6.32. The van der Waals surface area contributed by atoms with E-state index < -0.39 is 0 Å². The fraction of sp³-hybridized carbons (Fsp3) is 0.643. The molecule has 0 spiro atoms. The molecule has 0 aliphatic heterocycles. The number of anilines is 1. The fourth-order valence-electron chi connectivity index (χ4n) is 2.64. The summed E-state index contributed by atoms with van der Waals surface area (Å²) in [5.74, 6) is 0.637. The van der Waals surface area contributed by atoms with Gasteiger partial charge in [0.15, 0.2) is 11.6 Å². The number of nitrogens with zero attached hydrogens (tertiary/aromatic N) is 2. The van der Waals surface area contributed by atoms with Gasteiger partial charge < -0.3 is 4.90 Å². The van der Waals surface area contributed by atoms with E-state index in [4.69, 9.17) is 11.6 Å². The van der Waals surface area contributed by atoms with Gasteiger partial charge in [0.1, 0.15) is 0 Å². The molecule has 1 aromatic rings. The van der Waals surface area contributed by atoms with Gasteiger partial charge in [-0.25, -0.2) is 9.37 Å². The summed E-state index contributed by atoms with van der Waals surface area (Å²) >= 11 is 5.77. The third-order valence-corrected chi connectivity index (χ3v) is 3.59. The van der Waals surface area contributed by atoms with Crippen LogP contribution in [0, 0.1) is 11.7 Å². The third kappa shape index (κ3) is 3.14. The quantitative estimate of drug-likeness (QED) is 0.812. The molecule has 0 N–H and O–H groups in total. The smallest absolute Gasteiger partial charge is 0.167 e. The lowest BCUT2D eigenvalue weighted by molar-refractivity contribution is 0.514. The minimum Gasteiger partial charge on any atom is -0.351 e. The number of rotatable bonds is 4. The zero-order valence-corrected chi connectivity index (χ0v) is 11.8. The van der Waals surface area contributed by atoms with Gasteiger partial charge in [0.25, 0.3) is 0 Å². The molecule has 18 heavy (non-hydrogen) atoms. The lowest BCUT2D eigenvalue weighted by Gasteiger charge is -2.31. The van der Waals surface area contributed by atoms with Crippen molar-refractivity contribution in [3.05, 3.63) is 23.1 Å². The van der Waals surface area contributed by atoms with Gasteiger partial charge >= 0.3 is 0 Å². The molecule has 0 atom stereocenters. The van der Waals surface area contributed by atoms with Crippen LogP contribution in [-0.4, -0.2) is 17.6 Å². The normalized spacial score (nSPS) is 16.5. The number of hydrogen-bond acceptors (Lipinski definition) is 2. The van der Waals surface area contributed by atoms with Gasteiger partial charge in [-0.2, -0.15) is 0 Å². The standard InChI is InChI=1S/C14H20ClFN2/c1-10(2)9-18(12-5-3-4-6-12)14-13(16)7-11(15)8-17-14/h7-8,10,12H,3-6,9H2,1-2H3. The molecule has 100 valence electrons. The van der Waals surface area contributed by atoms with Crippen molar-refractivity contribution in [2.75, 3.05) is 11.4 Å². The van der Waals surface area contributed by atoms with Crippen molar-refractivity contribution in [3.63, 3.8) is 0 Å². The predicted octanol–water partition coefficient (Wildman–Crippen LogP) is 4.28. The topological polar surface area (TPSA) is 16.1 Å². The maximum absolute atomic E-state index is 14.0. The summed E-state index contributed by atoms with van der Waals surface area (Å²) in [6, 6.07) is 1.78. The van der Waals surface area contributed by atoms with Crippen LogP contribution in [0.2, 0.25) is 5.02 Å². The Labute approximate surface area is 113 Å². The zero-order valence-electron chi connectivity index (χ0n) is 11.0. The van der Waals surface area contributed by atoms with E-state index >= 15 is 0 Å². The molecule has 2 nitrogen and oxygen atoms in total. The predicted molar refractivity (Wildman–Crippen MR) is 73.6 cm³/mol. The van der Waals surface area contributed by atoms with Crippen molar-refractivity contribution in [2.24, 2.45) is 5.92 Å². The van der Waals surface area contributed by atoms with Crippen molar-refractivity contribution in [3.8, 4) is 0 Å². The Morgan fingerprint density at radius 1 is 1.44 bits per heavy atom. The third-order valence-electron chi connectivity index (χ3n) is 3.39. The molecule has 1 aliphatic rings. The molecule has 0 bridgehead atoms. The Kier molecular flexibility index (Phi) is 4.44. The molecule has 1 saturated carbocycles. The molecular formula is C14H20ClFN2. The summed E-state index contributed by atoms with van der Waals surface area (Å²) in [7, 11) is 0. The summed E-state index contributed by atoms with van der Waals surface area (Å²) in [5.41, 5.74) is 0. The van der Waals surface area contributed by atoms with Crippen molar-refractivity contribution < 1.29 is 4.39 Å². The van der Waals surface area contributed by atoms with Crippen molar-refractivity contribution in [2.45, 2.75) is 45.6 Å². The zero-order chi connectivity index (χ0) is 13.1. The largest absolute Gasteiger partial charge is 0.351 e. The minimum absolute atomic E-state index is 0.310. The SMILES string of the molecule is CC(C)CN(c1ncc(Cl)cc1F)C1CCCC1. The Morgan fingerprint density at radius 2 is 2.11 bits per heavy atom. The van der Waals surface area contributed by atoms with Gasteiger partial charge in [-0.15, -0.1) is 0 Å². The number of aromatic nitrogens is 1. The van der Waals surface area contributed by atoms with Crippen LogP contribution in [0.3, 0.4) is 0 Å². The molecule has 1 fully saturated rings. The maximum Gasteiger partial charge on any atom is 0.167 e. The molecule has 2 rings (SSSR count). The van der Waals surface area contributed by atoms with Crippen molar-refractivity contribution >= 4 is 17.4 Å². The highest BCUT2D eigenvalue weighted by atomic mass is 35.5. The van der Waals surface area contributed by atoms with Crippen LogP contribution >= 0.6 is 11.6 Å². The minimum atomic E-state index is -0.310. The lowest BCUT2D eigenvalue weighted by Crippen LogP contribution is -2.37. The van der Waals surface area contributed by atoms with E-state index in [2.05, 4.69) is 23.7 Å².